The van der Waals surface area contributed by atoms with E-state index in [-0.39, 0.29) is 0 Å². The van der Waals surface area contributed by atoms with Gasteiger partial charge in [0.25, 0.3) is 0 Å². The van der Waals surface area contributed by atoms with Gasteiger partial charge in [-0.25, -0.2) is 9.50 Å². The maximum atomic E-state index is 4.27. The summed E-state index contributed by atoms with van der Waals surface area (Å²) in [6.45, 7) is 0. The SMILES string of the molecule is Brc1nc2c3cccnc3ccn2n1. The van der Waals surface area contributed by atoms with Crippen molar-refractivity contribution >= 4 is 32.5 Å². The number of aromatic nitrogens is 4. The Morgan fingerprint density at radius 2 is 2.21 bits per heavy atom. The first kappa shape index (κ1) is 7.87. The van der Waals surface area contributed by atoms with Gasteiger partial charge in [0.1, 0.15) is 0 Å². The van der Waals surface area contributed by atoms with Gasteiger partial charge in [-0.05, 0) is 34.1 Å². The van der Waals surface area contributed by atoms with Crippen molar-refractivity contribution < 1.29 is 0 Å². The monoisotopic (exact) mass is 248 g/mol. The van der Waals surface area contributed by atoms with Crippen molar-refractivity contribution in [3.63, 3.8) is 0 Å². The van der Waals surface area contributed by atoms with Crippen LogP contribution in [-0.4, -0.2) is 19.6 Å². The summed E-state index contributed by atoms with van der Waals surface area (Å²) >= 11 is 3.25. The fourth-order valence-electron chi connectivity index (χ4n) is 1.47. The summed E-state index contributed by atoms with van der Waals surface area (Å²) in [4.78, 5) is 8.51. The van der Waals surface area contributed by atoms with Gasteiger partial charge >= 0.3 is 0 Å². The number of pyridine rings is 2. The lowest BCUT2D eigenvalue weighted by Gasteiger charge is -1.96. The molecule has 3 aromatic rings. The van der Waals surface area contributed by atoms with Crippen molar-refractivity contribution in [1.29, 1.82) is 0 Å². The zero-order valence-corrected chi connectivity index (χ0v) is 8.64. The lowest BCUT2D eigenvalue weighted by atomic mass is 10.2. The Balaban J connectivity index is 2.60. The van der Waals surface area contributed by atoms with Gasteiger partial charge in [-0.15, -0.1) is 5.10 Å². The van der Waals surface area contributed by atoms with Crippen LogP contribution in [0.15, 0.2) is 35.3 Å². The van der Waals surface area contributed by atoms with E-state index in [0.717, 1.165) is 16.6 Å². The van der Waals surface area contributed by atoms with Crippen molar-refractivity contribution in [1.82, 2.24) is 19.6 Å². The first-order valence-corrected chi connectivity index (χ1v) is 4.89. The van der Waals surface area contributed by atoms with Crippen LogP contribution in [0.1, 0.15) is 0 Å². The van der Waals surface area contributed by atoms with Gasteiger partial charge in [-0.1, -0.05) is 0 Å². The molecule has 68 valence electrons. The topological polar surface area (TPSA) is 43.1 Å². The van der Waals surface area contributed by atoms with Crippen LogP contribution in [-0.2, 0) is 0 Å². The number of halogens is 1. The molecule has 0 spiro atoms. The van der Waals surface area contributed by atoms with Crippen molar-refractivity contribution in [2.45, 2.75) is 0 Å². The smallest absolute Gasteiger partial charge is 0.218 e. The molecule has 3 rings (SSSR count). The quantitative estimate of drug-likeness (QED) is 0.612. The molecule has 3 aromatic heterocycles. The molecule has 0 aliphatic carbocycles. The third-order valence-electron chi connectivity index (χ3n) is 2.06. The molecule has 3 heterocycles. The normalized spacial score (nSPS) is 11.2. The van der Waals surface area contributed by atoms with Gasteiger partial charge < -0.3 is 0 Å². The lowest BCUT2D eigenvalue weighted by Crippen LogP contribution is -1.88. The van der Waals surface area contributed by atoms with Crippen LogP contribution in [0, 0.1) is 0 Å². The van der Waals surface area contributed by atoms with E-state index in [4.69, 9.17) is 0 Å². The second-order valence-corrected chi connectivity index (χ2v) is 3.61. The molecule has 0 bridgehead atoms. The molecule has 0 fully saturated rings. The third kappa shape index (κ3) is 1.02. The summed E-state index contributed by atoms with van der Waals surface area (Å²) in [5.41, 5.74) is 1.75. The summed E-state index contributed by atoms with van der Waals surface area (Å²) in [6.07, 6.45) is 3.62. The highest BCUT2D eigenvalue weighted by Crippen LogP contribution is 2.17. The second kappa shape index (κ2) is 2.75. The summed E-state index contributed by atoms with van der Waals surface area (Å²) < 4.78 is 2.32. The van der Waals surface area contributed by atoms with E-state index < -0.39 is 0 Å². The van der Waals surface area contributed by atoms with Crippen molar-refractivity contribution in [3.8, 4) is 0 Å². The highest BCUT2D eigenvalue weighted by molar-refractivity contribution is 9.10. The molecule has 0 unspecified atom stereocenters. The molecular formula is C9H5BrN4. The largest absolute Gasteiger partial charge is 0.256 e. The first-order chi connectivity index (χ1) is 6.84. The summed E-state index contributed by atoms with van der Waals surface area (Å²) in [5, 5.41) is 5.17. The number of hydrogen-bond donors (Lipinski definition) is 0. The van der Waals surface area contributed by atoms with E-state index in [1.54, 1.807) is 10.7 Å². The molecule has 0 aliphatic rings. The lowest BCUT2D eigenvalue weighted by molar-refractivity contribution is 0.949. The molecule has 14 heavy (non-hydrogen) atoms. The summed E-state index contributed by atoms with van der Waals surface area (Å²) in [7, 11) is 0. The molecule has 0 radical (unpaired) electrons. The van der Waals surface area contributed by atoms with E-state index in [9.17, 15) is 0 Å². The maximum Gasteiger partial charge on any atom is 0.218 e. The van der Waals surface area contributed by atoms with E-state index in [0.29, 0.717) is 4.73 Å². The predicted octanol–water partition coefficient (Wildman–Crippen LogP) is 2.04. The van der Waals surface area contributed by atoms with Crippen molar-refractivity contribution in [2.75, 3.05) is 0 Å². The summed E-state index contributed by atoms with van der Waals surface area (Å²) in [5.74, 6) is 0. The molecule has 0 amide bonds. The minimum Gasteiger partial charge on any atom is -0.256 e. The Bertz CT molecular complexity index is 616. The van der Waals surface area contributed by atoms with Crippen LogP contribution in [0.5, 0.6) is 0 Å². The maximum absolute atomic E-state index is 4.27. The fraction of sp³-hybridized carbons (Fsp3) is 0. The van der Waals surface area contributed by atoms with Gasteiger partial charge in [-0.2, -0.15) is 0 Å². The molecule has 0 aliphatic heterocycles. The van der Waals surface area contributed by atoms with Crippen molar-refractivity contribution in [3.05, 3.63) is 35.3 Å². The highest BCUT2D eigenvalue weighted by atomic mass is 79.9. The molecule has 0 saturated heterocycles. The first-order valence-electron chi connectivity index (χ1n) is 4.10. The number of fused-ring (bicyclic) bond motifs is 3. The summed E-state index contributed by atoms with van der Waals surface area (Å²) in [6, 6.07) is 5.80. The number of hydrogen-bond acceptors (Lipinski definition) is 3. The van der Waals surface area contributed by atoms with Crippen LogP contribution >= 0.6 is 15.9 Å². The Morgan fingerprint density at radius 3 is 3.14 bits per heavy atom. The van der Waals surface area contributed by atoms with E-state index in [2.05, 4.69) is 31.0 Å². The van der Waals surface area contributed by atoms with Crippen LogP contribution in [0.3, 0.4) is 0 Å². The number of nitrogens with zero attached hydrogens (tertiary/aromatic N) is 4. The van der Waals surface area contributed by atoms with Crippen LogP contribution in [0.2, 0.25) is 0 Å². The average molecular weight is 249 g/mol. The van der Waals surface area contributed by atoms with Gasteiger partial charge in [0.15, 0.2) is 5.65 Å². The van der Waals surface area contributed by atoms with Gasteiger partial charge in [0.2, 0.25) is 4.73 Å². The van der Waals surface area contributed by atoms with E-state index in [1.165, 1.54) is 0 Å². The molecule has 4 nitrogen and oxygen atoms in total. The fourth-order valence-corrected chi connectivity index (χ4v) is 1.80. The second-order valence-electron chi connectivity index (χ2n) is 2.90. The van der Waals surface area contributed by atoms with Crippen LogP contribution in [0.4, 0.5) is 0 Å². The highest BCUT2D eigenvalue weighted by Gasteiger charge is 2.04. The van der Waals surface area contributed by atoms with E-state index in [1.807, 2.05) is 24.4 Å². The Morgan fingerprint density at radius 1 is 1.29 bits per heavy atom. The molecular weight excluding hydrogens is 244 g/mol. The van der Waals surface area contributed by atoms with Gasteiger partial charge in [0.05, 0.1) is 5.52 Å². The Kier molecular flexibility index (Phi) is 1.55. The molecule has 0 aromatic carbocycles. The molecule has 5 heteroatoms. The predicted molar refractivity (Wildman–Crippen MR) is 56.0 cm³/mol. The van der Waals surface area contributed by atoms with Crippen molar-refractivity contribution in [2.24, 2.45) is 0 Å². The molecule has 0 atom stereocenters. The Labute approximate surface area is 87.7 Å². The van der Waals surface area contributed by atoms with Crippen LogP contribution < -0.4 is 0 Å². The zero-order valence-electron chi connectivity index (χ0n) is 7.05. The standard InChI is InChI=1S/C9H5BrN4/c10-9-12-8-6-2-1-4-11-7(6)3-5-14(8)13-9/h1-5H. The molecule has 0 N–H and O–H groups in total. The number of rotatable bonds is 0. The van der Waals surface area contributed by atoms with Gasteiger partial charge in [0, 0.05) is 17.8 Å². The van der Waals surface area contributed by atoms with Crippen LogP contribution in [0.25, 0.3) is 16.6 Å². The van der Waals surface area contributed by atoms with Gasteiger partial charge in [-0.3, -0.25) is 4.98 Å². The molecule has 0 saturated carbocycles. The average Bonchev–Trinajstić information content (AvgIpc) is 2.59. The minimum atomic E-state index is 0.592. The van der Waals surface area contributed by atoms with E-state index >= 15 is 0 Å². The zero-order chi connectivity index (χ0) is 9.54. The third-order valence-corrected chi connectivity index (χ3v) is 2.39. The Hall–Kier alpha value is -1.49. The minimum absolute atomic E-state index is 0.592.